The second-order valence-corrected chi connectivity index (χ2v) is 3.70. The number of hydrogen-bond acceptors (Lipinski definition) is 2. The molecule has 1 heterocycles. The third kappa shape index (κ3) is 1.68. The molecule has 2 rings (SSSR count). The maximum absolute atomic E-state index is 11.7. The summed E-state index contributed by atoms with van der Waals surface area (Å²) in [5.41, 5.74) is 8.41. The number of hydrogen-bond donors (Lipinski definition) is 2. The lowest BCUT2D eigenvalue weighted by molar-refractivity contribution is 0.646. The molecule has 0 spiro atoms. The fraction of sp³-hybridized carbons (Fsp3) is 0.364. The lowest BCUT2D eigenvalue weighted by atomic mass is 10.2. The van der Waals surface area contributed by atoms with Crippen molar-refractivity contribution < 1.29 is 0 Å². The summed E-state index contributed by atoms with van der Waals surface area (Å²) in [5, 5.41) is 0. The summed E-state index contributed by atoms with van der Waals surface area (Å²) in [7, 11) is 0. The van der Waals surface area contributed by atoms with Crippen LogP contribution in [0, 0.1) is 6.92 Å². The van der Waals surface area contributed by atoms with Gasteiger partial charge in [0.2, 0.25) is 0 Å². The van der Waals surface area contributed by atoms with Crippen molar-refractivity contribution in [2.45, 2.75) is 19.9 Å². The van der Waals surface area contributed by atoms with E-state index in [1.807, 2.05) is 25.1 Å². The minimum absolute atomic E-state index is 0.0484. The summed E-state index contributed by atoms with van der Waals surface area (Å²) in [6, 6.07) is 5.87. The van der Waals surface area contributed by atoms with Crippen molar-refractivity contribution in [2.75, 3.05) is 6.54 Å². The Morgan fingerprint density at radius 1 is 1.47 bits per heavy atom. The third-order valence-electron chi connectivity index (χ3n) is 2.58. The molecule has 0 amide bonds. The Morgan fingerprint density at radius 2 is 2.27 bits per heavy atom. The van der Waals surface area contributed by atoms with Gasteiger partial charge in [0.25, 0.3) is 0 Å². The van der Waals surface area contributed by atoms with E-state index in [0.717, 1.165) is 23.0 Å². The number of aryl methyl sites for hydroxylation is 2. The zero-order valence-corrected chi connectivity index (χ0v) is 8.79. The van der Waals surface area contributed by atoms with Crippen molar-refractivity contribution in [2.24, 2.45) is 5.73 Å². The van der Waals surface area contributed by atoms with Crippen LogP contribution in [-0.4, -0.2) is 16.1 Å². The fourth-order valence-corrected chi connectivity index (χ4v) is 1.87. The molecule has 0 aliphatic rings. The standard InChI is InChI=1S/C11H15N3O/c1-8-4-2-5-9-10(8)14(7-3-6-12)11(15)13-9/h2,4-5H,3,6-7,12H2,1H3,(H,13,15). The van der Waals surface area contributed by atoms with E-state index >= 15 is 0 Å². The normalized spacial score (nSPS) is 11.1. The number of H-pyrrole nitrogens is 1. The predicted molar refractivity (Wildman–Crippen MR) is 61.0 cm³/mol. The Labute approximate surface area is 87.7 Å². The summed E-state index contributed by atoms with van der Waals surface area (Å²) < 4.78 is 1.76. The van der Waals surface area contributed by atoms with Crippen LogP contribution in [0.4, 0.5) is 0 Å². The van der Waals surface area contributed by atoms with Gasteiger partial charge in [-0.1, -0.05) is 12.1 Å². The van der Waals surface area contributed by atoms with Gasteiger partial charge in [-0.25, -0.2) is 4.79 Å². The molecule has 0 atom stereocenters. The molecule has 4 heteroatoms. The lowest BCUT2D eigenvalue weighted by Crippen LogP contribution is -2.18. The average Bonchev–Trinajstić information content (AvgIpc) is 2.53. The molecule has 0 unspecified atom stereocenters. The molecule has 4 nitrogen and oxygen atoms in total. The minimum Gasteiger partial charge on any atom is -0.330 e. The largest absolute Gasteiger partial charge is 0.330 e. The number of nitrogens with zero attached hydrogens (tertiary/aromatic N) is 1. The summed E-state index contributed by atoms with van der Waals surface area (Å²) in [6.45, 7) is 3.29. The van der Waals surface area contributed by atoms with E-state index in [1.54, 1.807) is 4.57 Å². The number of benzene rings is 1. The van der Waals surface area contributed by atoms with Crippen LogP contribution in [0.1, 0.15) is 12.0 Å². The van der Waals surface area contributed by atoms with E-state index < -0.39 is 0 Å². The topological polar surface area (TPSA) is 63.8 Å². The highest BCUT2D eigenvalue weighted by atomic mass is 16.1. The number of fused-ring (bicyclic) bond motifs is 1. The molecule has 80 valence electrons. The van der Waals surface area contributed by atoms with E-state index in [0.29, 0.717) is 13.1 Å². The van der Waals surface area contributed by atoms with E-state index in [9.17, 15) is 4.79 Å². The Hall–Kier alpha value is -1.55. The van der Waals surface area contributed by atoms with Crippen molar-refractivity contribution >= 4 is 11.0 Å². The number of aromatic amines is 1. The van der Waals surface area contributed by atoms with Gasteiger partial charge in [-0.05, 0) is 31.5 Å². The maximum Gasteiger partial charge on any atom is 0.326 e. The minimum atomic E-state index is -0.0484. The second kappa shape index (κ2) is 3.90. The molecule has 0 fully saturated rings. The number of imidazole rings is 1. The van der Waals surface area contributed by atoms with Crippen LogP contribution in [0.25, 0.3) is 11.0 Å². The number of rotatable bonds is 3. The van der Waals surface area contributed by atoms with Crippen LogP contribution in [-0.2, 0) is 6.54 Å². The Balaban J connectivity index is 2.61. The number of nitrogens with two attached hydrogens (primary N) is 1. The van der Waals surface area contributed by atoms with Crippen LogP contribution in [0.2, 0.25) is 0 Å². The molecule has 0 radical (unpaired) electrons. The molecular formula is C11H15N3O. The number of aromatic nitrogens is 2. The maximum atomic E-state index is 11.7. The first kappa shape index (κ1) is 9.98. The van der Waals surface area contributed by atoms with E-state index in [2.05, 4.69) is 4.98 Å². The number of para-hydroxylation sites is 1. The summed E-state index contributed by atoms with van der Waals surface area (Å²) in [5.74, 6) is 0. The zero-order valence-electron chi connectivity index (χ0n) is 8.79. The Kier molecular flexibility index (Phi) is 2.60. The molecule has 3 N–H and O–H groups in total. The van der Waals surface area contributed by atoms with Gasteiger partial charge in [0.05, 0.1) is 11.0 Å². The van der Waals surface area contributed by atoms with Crippen molar-refractivity contribution in [1.29, 1.82) is 0 Å². The molecule has 0 saturated heterocycles. The van der Waals surface area contributed by atoms with Gasteiger partial charge in [0.15, 0.2) is 0 Å². The van der Waals surface area contributed by atoms with Crippen molar-refractivity contribution in [3.05, 3.63) is 34.2 Å². The molecule has 1 aromatic heterocycles. The smallest absolute Gasteiger partial charge is 0.326 e. The van der Waals surface area contributed by atoms with Crippen LogP contribution in [0.15, 0.2) is 23.0 Å². The summed E-state index contributed by atoms with van der Waals surface area (Å²) in [4.78, 5) is 14.5. The van der Waals surface area contributed by atoms with Crippen molar-refractivity contribution in [3.8, 4) is 0 Å². The van der Waals surface area contributed by atoms with Crippen LogP contribution in [0.5, 0.6) is 0 Å². The first-order chi connectivity index (χ1) is 7.24. The highest BCUT2D eigenvalue weighted by Gasteiger charge is 2.07. The lowest BCUT2D eigenvalue weighted by Gasteiger charge is -2.03. The van der Waals surface area contributed by atoms with Crippen molar-refractivity contribution in [3.63, 3.8) is 0 Å². The van der Waals surface area contributed by atoms with Gasteiger partial charge < -0.3 is 10.7 Å². The van der Waals surface area contributed by atoms with Gasteiger partial charge in [-0.3, -0.25) is 4.57 Å². The first-order valence-electron chi connectivity index (χ1n) is 5.12. The van der Waals surface area contributed by atoms with Gasteiger partial charge in [0.1, 0.15) is 0 Å². The molecule has 1 aromatic carbocycles. The molecule has 0 aliphatic carbocycles. The average molecular weight is 205 g/mol. The van der Waals surface area contributed by atoms with Gasteiger partial charge in [0, 0.05) is 6.54 Å². The van der Waals surface area contributed by atoms with Crippen LogP contribution < -0.4 is 11.4 Å². The van der Waals surface area contributed by atoms with E-state index in [4.69, 9.17) is 5.73 Å². The molecular weight excluding hydrogens is 190 g/mol. The first-order valence-corrected chi connectivity index (χ1v) is 5.12. The van der Waals surface area contributed by atoms with Crippen molar-refractivity contribution in [1.82, 2.24) is 9.55 Å². The molecule has 15 heavy (non-hydrogen) atoms. The number of nitrogens with one attached hydrogen (secondary N) is 1. The molecule has 0 saturated carbocycles. The van der Waals surface area contributed by atoms with E-state index in [-0.39, 0.29) is 5.69 Å². The summed E-state index contributed by atoms with van der Waals surface area (Å²) in [6.07, 6.45) is 0.821. The Morgan fingerprint density at radius 3 is 3.00 bits per heavy atom. The van der Waals surface area contributed by atoms with E-state index in [1.165, 1.54) is 0 Å². The van der Waals surface area contributed by atoms with Crippen LogP contribution >= 0.6 is 0 Å². The van der Waals surface area contributed by atoms with Gasteiger partial charge in [-0.2, -0.15) is 0 Å². The predicted octanol–water partition coefficient (Wildman–Crippen LogP) is 0.987. The molecule has 0 aliphatic heterocycles. The molecule has 2 aromatic rings. The molecule has 0 bridgehead atoms. The fourth-order valence-electron chi connectivity index (χ4n) is 1.87. The SMILES string of the molecule is Cc1cccc2[nH]c(=O)n(CCCN)c12. The zero-order chi connectivity index (χ0) is 10.8. The van der Waals surface area contributed by atoms with Crippen LogP contribution in [0.3, 0.4) is 0 Å². The monoisotopic (exact) mass is 205 g/mol. The quantitative estimate of drug-likeness (QED) is 0.784. The summed E-state index contributed by atoms with van der Waals surface area (Å²) >= 11 is 0. The second-order valence-electron chi connectivity index (χ2n) is 3.70. The highest BCUT2D eigenvalue weighted by molar-refractivity contribution is 5.78. The Bertz CT molecular complexity index is 524. The van der Waals surface area contributed by atoms with Gasteiger partial charge in [-0.15, -0.1) is 0 Å². The highest BCUT2D eigenvalue weighted by Crippen LogP contribution is 2.14. The van der Waals surface area contributed by atoms with Gasteiger partial charge >= 0.3 is 5.69 Å². The third-order valence-corrected chi connectivity index (χ3v) is 2.58.